The number of aromatic nitrogens is 4. The summed E-state index contributed by atoms with van der Waals surface area (Å²) in [7, 11) is 0. The molecule has 0 atom stereocenters. The average Bonchev–Trinajstić information content (AvgIpc) is 2.60. The average molecular weight is 257 g/mol. The highest BCUT2D eigenvalue weighted by Gasteiger charge is 2.27. The number of hydrogen-bond acceptors (Lipinski definition) is 6. The number of hydrogen-bond donors (Lipinski definition) is 1. The fourth-order valence-electron chi connectivity index (χ4n) is 0.814. The smallest absolute Gasteiger partial charge is 0.361 e. The standard InChI is InChI=1S/C6H10F3N5OS/c7-6(8,9)3-15-4-16-5-11-12-13-14(5)2-1-10/h1-4,10H2. The predicted octanol–water partition coefficient (Wildman–Crippen LogP) is 0.260. The molecule has 0 fully saturated rings. The van der Waals surface area contributed by atoms with Crippen LogP contribution in [0.15, 0.2) is 5.16 Å². The van der Waals surface area contributed by atoms with Gasteiger partial charge in [0.1, 0.15) is 12.5 Å². The van der Waals surface area contributed by atoms with Crippen molar-refractivity contribution in [3.05, 3.63) is 0 Å². The SMILES string of the molecule is NCCn1nnnc1SCOCC(F)(F)F. The molecule has 0 saturated heterocycles. The molecule has 0 aliphatic carbocycles. The third-order valence-corrected chi connectivity index (χ3v) is 2.21. The highest BCUT2D eigenvalue weighted by molar-refractivity contribution is 7.99. The molecule has 0 aromatic carbocycles. The second kappa shape index (κ2) is 6.01. The molecule has 0 bridgehead atoms. The highest BCUT2D eigenvalue weighted by Crippen LogP contribution is 2.18. The molecule has 1 aromatic heterocycles. The van der Waals surface area contributed by atoms with Gasteiger partial charge < -0.3 is 10.5 Å². The summed E-state index contributed by atoms with van der Waals surface area (Å²) in [5, 5.41) is 11.0. The van der Waals surface area contributed by atoms with Crippen molar-refractivity contribution in [2.75, 3.05) is 19.1 Å². The Morgan fingerprint density at radius 2 is 2.19 bits per heavy atom. The van der Waals surface area contributed by atoms with Crippen LogP contribution >= 0.6 is 11.8 Å². The van der Waals surface area contributed by atoms with Gasteiger partial charge in [0.2, 0.25) is 5.16 Å². The summed E-state index contributed by atoms with van der Waals surface area (Å²) >= 11 is 0.983. The lowest BCUT2D eigenvalue weighted by atomic mass is 10.7. The van der Waals surface area contributed by atoms with E-state index in [-0.39, 0.29) is 5.94 Å². The second-order valence-corrected chi connectivity index (χ2v) is 3.59. The normalized spacial score (nSPS) is 12.0. The van der Waals surface area contributed by atoms with Gasteiger partial charge in [-0.15, -0.1) is 5.10 Å². The Morgan fingerprint density at radius 3 is 2.81 bits per heavy atom. The van der Waals surface area contributed by atoms with Crippen LogP contribution in [0.1, 0.15) is 0 Å². The van der Waals surface area contributed by atoms with Gasteiger partial charge in [0, 0.05) is 6.54 Å². The quantitative estimate of drug-likeness (QED) is 0.447. The maximum absolute atomic E-state index is 11.7. The molecule has 0 amide bonds. The van der Waals surface area contributed by atoms with Gasteiger partial charge in [-0.25, -0.2) is 4.68 Å². The van der Waals surface area contributed by atoms with Crippen molar-refractivity contribution in [3.8, 4) is 0 Å². The van der Waals surface area contributed by atoms with Crippen LogP contribution in [0.2, 0.25) is 0 Å². The van der Waals surface area contributed by atoms with E-state index < -0.39 is 12.8 Å². The molecule has 92 valence electrons. The van der Waals surface area contributed by atoms with Crippen LogP contribution in [0.4, 0.5) is 13.2 Å². The van der Waals surface area contributed by atoms with Gasteiger partial charge in [-0.1, -0.05) is 11.8 Å². The maximum atomic E-state index is 11.7. The van der Waals surface area contributed by atoms with Crippen LogP contribution in [0, 0.1) is 0 Å². The third kappa shape index (κ3) is 4.77. The molecule has 1 rings (SSSR count). The molecule has 1 heterocycles. The van der Waals surface area contributed by atoms with E-state index in [9.17, 15) is 13.2 Å². The van der Waals surface area contributed by atoms with Crippen molar-refractivity contribution in [3.63, 3.8) is 0 Å². The maximum Gasteiger partial charge on any atom is 0.411 e. The van der Waals surface area contributed by atoms with Gasteiger partial charge in [-0.3, -0.25) is 0 Å². The Balaban J connectivity index is 2.29. The van der Waals surface area contributed by atoms with E-state index >= 15 is 0 Å². The molecule has 2 N–H and O–H groups in total. The Kier molecular flexibility index (Phi) is 4.96. The lowest BCUT2D eigenvalue weighted by molar-refractivity contribution is -0.168. The predicted molar refractivity (Wildman–Crippen MR) is 49.6 cm³/mol. The Morgan fingerprint density at radius 1 is 1.44 bits per heavy atom. The first-order valence-corrected chi connectivity index (χ1v) is 5.25. The van der Waals surface area contributed by atoms with E-state index in [0.717, 1.165) is 11.8 Å². The van der Waals surface area contributed by atoms with Gasteiger partial charge in [0.15, 0.2) is 0 Å². The summed E-state index contributed by atoms with van der Waals surface area (Å²) in [6.45, 7) is -0.519. The minimum absolute atomic E-state index is 0.162. The van der Waals surface area contributed by atoms with E-state index in [2.05, 4.69) is 20.3 Å². The molecule has 0 aliphatic heterocycles. The van der Waals surface area contributed by atoms with Crippen molar-refractivity contribution < 1.29 is 17.9 Å². The van der Waals surface area contributed by atoms with Crippen LogP contribution in [-0.2, 0) is 11.3 Å². The molecule has 0 unspecified atom stereocenters. The van der Waals surface area contributed by atoms with Crippen molar-refractivity contribution in [1.82, 2.24) is 20.2 Å². The van der Waals surface area contributed by atoms with Crippen molar-refractivity contribution in [2.45, 2.75) is 17.9 Å². The second-order valence-electron chi connectivity index (χ2n) is 2.70. The summed E-state index contributed by atoms with van der Waals surface area (Å²) < 4.78 is 41.0. The van der Waals surface area contributed by atoms with Crippen LogP contribution in [0.25, 0.3) is 0 Å². The van der Waals surface area contributed by atoms with Crippen LogP contribution in [0.3, 0.4) is 0 Å². The van der Waals surface area contributed by atoms with Crippen LogP contribution in [-0.4, -0.2) is 45.5 Å². The minimum atomic E-state index is -4.32. The number of halogens is 3. The zero-order valence-electron chi connectivity index (χ0n) is 8.15. The van der Waals surface area contributed by atoms with E-state index in [0.29, 0.717) is 18.2 Å². The zero-order chi connectivity index (χ0) is 12.0. The molecule has 6 nitrogen and oxygen atoms in total. The van der Waals surface area contributed by atoms with E-state index in [1.165, 1.54) is 4.68 Å². The number of nitrogens with two attached hydrogens (primary N) is 1. The first-order chi connectivity index (χ1) is 7.53. The third-order valence-electron chi connectivity index (χ3n) is 1.38. The highest BCUT2D eigenvalue weighted by atomic mass is 32.2. The summed E-state index contributed by atoms with van der Waals surface area (Å²) in [4.78, 5) is 0. The van der Waals surface area contributed by atoms with E-state index in [1.54, 1.807) is 0 Å². The fourth-order valence-corrected chi connectivity index (χ4v) is 1.46. The Bertz CT molecular complexity index is 317. The first kappa shape index (κ1) is 13.2. The molecule has 0 aliphatic rings. The van der Waals surface area contributed by atoms with Crippen LogP contribution < -0.4 is 5.73 Å². The van der Waals surface area contributed by atoms with Gasteiger partial charge in [-0.05, 0) is 10.4 Å². The van der Waals surface area contributed by atoms with Crippen molar-refractivity contribution in [2.24, 2.45) is 5.73 Å². The number of rotatable bonds is 6. The Hall–Kier alpha value is -0.870. The number of tetrazole rings is 1. The largest absolute Gasteiger partial charge is 0.411 e. The number of ether oxygens (including phenoxy) is 1. The molecular weight excluding hydrogens is 247 g/mol. The topological polar surface area (TPSA) is 78.9 Å². The first-order valence-electron chi connectivity index (χ1n) is 4.26. The lowest BCUT2D eigenvalue weighted by Crippen LogP contribution is -2.17. The van der Waals surface area contributed by atoms with Crippen LogP contribution in [0.5, 0.6) is 0 Å². The molecule has 1 aromatic rings. The van der Waals surface area contributed by atoms with E-state index in [4.69, 9.17) is 5.73 Å². The van der Waals surface area contributed by atoms with Gasteiger partial charge >= 0.3 is 6.18 Å². The number of nitrogens with zero attached hydrogens (tertiary/aromatic N) is 4. The molecular formula is C6H10F3N5OS. The summed E-state index contributed by atoms with van der Waals surface area (Å²) in [6.07, 6.45) is -4.32. The summed E-state index contributed by atoms with van der Waals surface area (Å²) in [6, 6.07) is 0. The summed E-state index contributed by atoms with van der Waals surface area (Å²) in [5.74, 6) is -0.162. The van der Waals surface area contributed by atoms with Gasteiger partial charge in [-0.2, -0.15) is 13.2 Å². The fraction of sp³-hybridized carbons (Fsp3) is 0.833. The summed E-state index contributed by atoms with van der Waals surface area (Å²) in [5.41, 5.74) is 5.29. The monoisotopic (exact) mass is 257 g/mol. The molecule has 0 spiro atoms. The number of thioether (sulfide) groups is 1. The van der Waals surface area contributed by atoms with Crippen molar-refractivity contribution in [1.29, 1.82) is 0 Å². The van der Waals surface area contributed by atoms with Crippen molar-refractivity contribution >= 4 is 11.8 Å². The zero-order valence-corrected chi connectivity index (χ0v) is 8.96. The van der Waals surface area contributed by atoms with Gasteiger partial charge in [0.25, 0.3) is 0 Å². The van der Waals surface area contributed by atoms with E-state index in [1.807, 2.05) is 0 Å². The lowest BCUT2D eigenvalue weighted by Gasteiger charge is -2.06. The molecule has 0 radical (unpaired) electrons. The molecule has 10 heteroatoms. The number of alkyl halides is 3. The molecule has 16 heavy (non-hydrogen) atoms. The molecule has 0 saturated carbocycles. The Labute approximate surface area is 93.3 Å². The van der Waals surface area contributed by atoms with Gasteiger partial charge in [0.05, 0.1) is 6.54 Å². The minimum Gasteiger partial charge on any atom is -0.361 e.